The van der Waals surface area contributed by atoms with Crippen LogP contribution in [0.2, 0.25) is 0 Å². The third kappa shape index (κ3) is 2.98. The lowest BCUT2D eigenvalue weighted by Gasteiger charge is -2.39. The Balaban J connectivity index is 2.47. The zero-order chi connectivity index (χ0) is 9.73. The van der Waals surface area contributed by atoms with Gasteiger partial charge in [-0.1, -0.05) is 27.2 Å². The van der Waals surface area contributed by atoms with Gasteiger partial charge in [-0.15, -0.1) is 0 Å². The van der Waals surface area contributed by atoms with Gasteiger partial charge in [0.2, 0.25) is 0 Å². The van der Waals surface area contributed by atoms with E-state index in [1.54, 1.807) is 0 Å². The van der Waals surface area contributed by atoms with Crippen molar-refractivity contribution >= 4 is 0 Å². The van der Waals surface area contributed by atoms with Crippen LogP contribution in [0.5, 0.6) is 0 Å². The smallest absolute Gasteiger partial charge is 0.000781 e. The van der Waals surface area contributed by atoms with E-state index in [1.165, 1.54) is 45.2 Å². The van der Waals surface area contributed by atoms with Gasteiger partial charge in [0.15, 0.2) is 0 Å². The van der Waals surface area contributed by atoms with Crippen molar-refractivity contribution in [3.05, 3.63) is 0 Å². The quantitative estimate of drug-likeness (QED) is 0.705. The van der Waals surface area contributed by atoms with Gasteiger partial charge < -0.3 is 5.32 Å². The molecule has 0 amide bonds. The highest BCUT2D eigenvalue weighted by molar-refractivity contribution is 4.85. The number of nitrogens with one attached hydrogen (secondary N) is 1. The summed E-state index contributed by atoms with van der Waals surface area (Å²) < 4.78 is 0. The van der Waals surface area contributed by atoms with Crippen LogP contribution in [-0.2, 0) is 0 Å². The zero-order valence-electron chi connectivity index (χ0n) is 9.53. The number of hydrogen-bond acceptors (Lipinski definition) is 1. The fraction of sp³-hybridized carbons (Fsp3) is 1.00. The summed E-state index contributed by atoms with van der Waals surface area (Å²) in [7, 11) is 0. The first-order valence-electron chi connectivity index (χ1n) is 5.93. The normalized spacial score (nSPS) is 31.6. The van der Waals surface area contributed by atoms with Gasteiger partial charge in [0.25, 0.3) is 0 Å². The predicted molar refractivity (Wildman–Crippen MR) is 58.9 cm³/mol. The van der Waals surface area contributed by atoms with Crippen molar-refractivity contribution in [2.75, 3.05) is 13.1 Å². The van der Waals surface area contributed by atoms with Crippen molar-refractivity contribution in [1.29, 1.82) is 0 Å². The molecule has 1 N–H and O–H groups in total. The number of piperidine rings is 1. The molecule has 1 heteroatoms. The van der Waals surface area contributed by atoms with Gasteiger partial charge in [0, 0.05) is 6.54 Å². The van der Waals surface area contributed by atoms with E-state index in [-0.39, 0.29) is 0 Å². The average molecular weight is 183 g/mol. The number of hydrogen-bond donors (Lipinski definition) is 1. The molecule has 0 aromatic heterocycles. The molecule has 0 aliphatic carbocycles. The summed E-state index contributed by atoms with van der Waals surface area (Å²) >= 11 is 0. The molecule has 2 atom stereocenters. The maximum Gasteiger partial charge on any atom is 0.000781 e. The predicted octanol–water partition coefficient (Wildman–Crippen LogP) is 3.20. The molecule has 0 saturated carbocycles. The maximum absolute atomic E-state index is 3.56. The molecule has 1 rings (SSSR count). The molecule has 1 nitrogen and oxygen atoms in total. The Hall–Kier alpha value is -0.0400. The van der Waals surface area contributed by atoms with Gasteiger partial charge >= 0.3 is 0 Å². The third-order valence-electron chi connectivity index (χ3n) is 3.79. The molecule has 0 bridgehead atoms. The summed E-state index contributed by atoms with van der Waals surface area (Å²) in [6.07, 6.45) is 6.93. The molecule has 78 valence electrons. The summed E-state index contributed by atoms with van der Waals surface area (Å²) in [5, 5.41) is 3.56. The first-order valence-corrected chi connectivity index (χ1v) is 5.93. The minimum atomic E-state index is 0.633. The summed E-state index contributed by atoms with van der Waals surface area (Å²) in [5.41, 5.74) is 0.633. The van der Waals surface area contributed by atoms with Gasteiger partial charge in [-0.2, -0.15) is 0 Å². The molecule has 0 spiro atoms. The Kier molecular flexibility index (Phi) is 4.24. The molecule has 0 aromatic carbocycles. The van der Waals surface area contributed by atoms with Crippen LogP contribution in [0.1, 0.15) is 52.9 Å². The molecular weight excluding hydrogens is 158 g/mol. The Bertz CT molecular complexity index is 136. The Morgan fingerprint density at radius 1 is 1.38 bits per heavy atom. The van der Waals surface area contributed by atoms with Crippen LogP contribution >= 0.6 is 0 Å². The molecule has 1 saturated heterocycles. The van der Waals surface area contributed by atoms with Crippen molar-refractivity contribution < 1.29 is 0 Å². The highest BCUT2D eigenvalue weighted by Crippen LogP contribution is 2.37. The first kappa shape index (κ1) is 11.0. The van der Waals surface area contributed by atoms with Crippen LogP contribution in [0.15, 0.2) is 0 Å². The minimum absolute atomic E-state index is 0.633. The Morgan fingerprint density at radius 3 is 2.62 bits per heavy atom. The van der Waals surface area contributed by atoms with Crippen molar-refractivity contribution in [1.82, 2.24) is 5.32 Å². The van der Waals surface area contributed by atoms with E-state index in [0.717, 1.165) is 5.92 Å². The first-order chi connectivity index (χ1) is 6.22. The molecular formula is C12H25N. The second kappa shape index (κ2) is 4.99. The van der Waals surface area contributed by atoms with Crippen LogP contribution in [-0.4, -0.2) is 13.1 Å². The molecule has 0 aromatic rings. The average Bonchev–Trinajstić information content (AvgIpc) is 2.19. The van der Waals surface area contributed by atoms with Gasteiger partial charge in [-0.3, -0.25) is 0 Å². The second-order valence-electron chi connectivity index (χ2n) is 4.85. The van der Waals surface area contributed by atoms with Crippen LogP contribution in [0.3, 0.4) is 0 Å². The summed E-state index contributed by atoms with van der Waals surface area (Å²) in [6, 6.07) is 0. The van der Waals surface area contributed by atoms with Gasteiger partial charge in [0.05, 0.1) is 0 Å². The maximum atomic E-state index is 3.56. The largest absolute Gasteiger partial charge is 0.316 e. The second-order valence-corrected chi connectivity index (χ2v) is 4.85. The van der Waals surface area contributed by atoms with Crippen LogP contribution in [0, 0.1) is 11.3 Å². The molecule has 2 unspecified atom stereocenters. The van der Waals surface area contributed by atoms with Crippen LogP contribution in [0.4, 0.5) is 0 Å². The summed E-state index contributed by atoms with van der Waals surface area (Å²) in [4.78, 5) is 0. The summed E-state index contributed by atoms with van der Waals surface area (Å²) in [6.45, 7) is 9.56. The SMILES string of the molecule is CCC(C)CC1(CC)CCCNC1. The van der Waals surface area contributed by atoms with Crippen molar-refractivity contribution in [3.63, 3.8) is 0 Å². The van der Waals surface area contributed by atoms with Crippen molar-refractivity contribution in [3.8, 4) is 0 Å². The highest BCUT2D eigenvalue weighted by Gasteiger charge is 2.30. The van der Waals surface area contributed by atoms with E-state index in [2.05, 4.69) is 26.1 Å². The van der Waals surface area contributed by atoms with Crippen molar-refractivity contribution in [2.45, 2.75) is 52.9 Å². The van der Waals surface area contributed by atoms with E-state index in [4.69, 9.17) is 0 Å². The molecule has 13 heavy (non-hydrogen) atoms. The fourth-order valence-electron chi connectivity index (χ4n) is 2.53. The topological polar surface area (TPSA) is 12.0 Å². The van der Waals surface area contributed by atoms with E-state index < -0.39 is 0 Å². The van der Waals surface area contributed by atoms with Gasteiger partial charge in [0.1, 0.15) is 0 Å². The summed E-state index contributed by atoms with van der Waals surface area (Å²) in [5.74, 6) is 0.903. The van der Waals surface area contributed by atoms with Crippen molar-refractivity contribution in [2.24, 2.45) is 11.3 Å². The molecule has 1 aliphatic heterocycles. The monoisotopic (exact) mass is 183 g/mol. The lowest BCUT2D eigenvalue weighted by atomic mass is 9.72. The van der Waals surface area contributed by atoms with Gasteiger partial charge in [-0.25, -0.2) is 0 Å². The lowest BCUT2D eigenvalue weighted by molar-refractivity contribution is 0.154. The van der Waals surface area contributed by atoms with E-state index in [0.29, 0.717) is 5.41 Å². The molecule has 1 aliphatic rings. The Labute approximate surface area is 83.3 Å². The zero-order valence-corrected chi connectivity index (χ0v) is 9.53. The molecule has 0 radical (unpaired) electrons. The molecule has 1 fully saturated rings. The molecule has 1 heterocycles. The Morgan fingerprint density at radius 2 is 2.15 bits per heavy atom. The standard InChI is InChI=1S/C12H25N/c1-4-11(3)9-12(5-2)7-6-8-13-10-12/h11,13H,4-10H2,1-3H3. The van der Waals surface area contributed by atoms with E-state index in [1.807, 2.05) is 0 Å². The van der Waals surface area contributed by atoms with E-state index in [9.17, 15) is 0 Å². The highest BCUT2D eigenvalue weighted by atomic mass is 14.9. The van der Waals surface area contributed by atoms with Crippen LogP contribution < -0.4 is 5.32 Å². The minimum Gasteiger partial charge on any atom is -0.316 e. The van der Waals surface area contributed by atoms with E-state index >= 15 is 0 Å². The number of rotatable bonds is 4. The fourth-order valence-corrected chi connectivity index (χ4v) is 2.53. The lowest BCUT2D eigenvalue weighted by Crippen LogP contribution is -2.40. The van der Waals surface area contributed by atoms with Crippen LogP contribution in [0.25, 0.3) is 0 Å². The van der Waals surface area contributed by atoms with Gasteiger partial charge in [-0.05, 0) is 43.6 Å². The third-order valence-corrected chi connectivity index (χ3v) is 3.79.